The maximum atomic E-state index is 8.65. The average Bonchev–Trinajstić information content (AvgIpc) is 2.44. The lowest BCUT2D eigenvalue weighted by Gasteiger charge is -2.12. The maximum Gasteiger partial charge on any atom is 0.0556 e. The van der Waals surface area contributed by atoms with Gasteiger partial charge in [-0.1, -0.05) is 0 Å². The molecule has 1 aromatic rings. The third-order valence-electron chi connectivity index (χ3n) is 2.30. The summed E-state index contributed by atoms with van der Waals surface area (Å²) >= 11 is 0. The third-order valence-corrected chi connectivity index (χ3v) is 2.30. The molecule has 0 amide bonds. The molecule has 1 aromatic heterocycles. The van der Waals surface area contributed by atoms with E-state index in [1.54, 1.807) is 0 Å². The molecule has 2 N–H and O–H groups in total. The first-order valence-electron chi connectivity index (χ1n) is 4.49. The lowest BCUT2D eigenvalue weighted by molar-refractivity contribution is 0.286. The number of aryl methyl sites for hydroxylation is 1. The number of nitrogens with one attached hydrogen (secondary N) is 1. The zero-order chi connectivity index (χ0) is 9.84. The van der Waals surface area contributed by atoms with E-state index in [1.807, 2.05) is 24.9 Å². The highest BCUT2D eigenvalue weighted by Gasteiger charge is 2.10. The lowest BCUT2D eigenvalue weighted by atomic mass is 10.1. The molecule has 0 fully saturated rings. The molecule has 4 heteroatoms. The van der Waals surface area contributed by atoms with Crippen LogP contribution in [0.3, 0.4) is 0 Å². The molecule has 0 radical (unpaired) electrons. The summed E-state index contributed by atoms with van der Waals surface area (Å²) in [5, 5.41) is 16.0. The van der Waals surface area contributed by atoms with Gasteiger partial charge in [-0.2, -0.15) is 5.10 Å². The Morgan fingerprint density at radius 3 is 2.85 bits per heavy atom. The van der Waals surface area contributed by atoms with Gasteiger partial charge < -0.3 is 10.4 Å². The normalized spacial score (nSPS) is 13.2. The minimum atomic E-state index is 0.170. The molecule has 4 nitrogen and oxygen atoms in total. The van der Waals surface area contributed by atoms with Crippen molar-refractivity contribution in [1.82, 2.24) is 15.1 Å². The van der Waals surface area contributed by atoms with E-state index in [9.17, 15) is 0 Å². The first-order chi connectivity index (χ1) is 6.16. The number of aliphatic hydroxyl groups excluding tert-OH is 1. The Morgan fingerprint density at radius 2 is 2.38 bits per heavy atom. The monoisotopic (exact) mass is 183 g/mol. The fourth-order valence-corrected chi connectivity index (χ4v) is 1.33. The Morgan fingerprint density at radius 1 is 1.69 bits per heavy atom. The Hall–Kier alpha value is -0.870. The van der Waals surface area contributed by atoms with E-state index in [-0.39, 0.29) is 12.6 Å². The highest BCUT2D eigenvalue weighted by Crippen LogP contribution is 2.15. The zero-order valence-corrected chi connectivity index (χ0v) is 8.41. The fourth-order valence-electron chi connectivity index (χ4n) is 1.33. The second-order valence-electron chi connectivity index (χ2n) is 3.21. The van der Waals surface area contributed by atoms with Gasteiger partial charge in [0.2, 0.25) is 0 Å². The predicted octanol–water partition coefficient (Wildman–Crippen LogP) is 0.371. The molecule has 1 rings (SSSR count). The van der Waals surface area contributed by atoms with Gasteiger partial charge in [0.05, 0.1) is 12.8 Å². The topological polar surface area (TPSA) is 50.1 Å². The quantitative estimate of drug-likeness (QED) is 0.709. The van der Waals surface area contributed by atoms with Gasteiger partial charge in [0.25, 0.3) is 0 Å². The Balaban J connectivity index is 2.65. The largest absolute Gasteiger partial charge is 0.395 e. The van der Waals surface area contributed by atoms with Gasteiger partial charge in [0, 0.05) is 30.9 Å². The van der Waals surface area contributed by atoms with E-state index >= 15 is 0 Å². The molecular formula is C9H17N3O. The smallest absolute Gasteiger partial charge is 0.0556 e. The van der Waals surface area contributed by atoms with E-state index in [1.165, 1.54) is 5.56 Å². The van der Waals surface area contributed by atoms with Crippen molar-refractivity contribution in [3.05, 3.63) is 17.5 Å². The average molecular weight is 183 g/mol. The van der Waals surface area contributed by atoms with E-state index < -0.39 is 0 Å². The summed E-state index contributed by atoms with van der Waals surface area (Å²) in [6.45, 7) is 4.90. The number of hydrogen-bond donors (Lipinski definition) is 2. The molecule has 0 bridgehead atoms. The first-order valence-corrected chi connectivity index (χ1v) is 4.49. The molecule has 0 saturated carbocycles. The molecule has 1 heterocycles. The molecule has 0 aromatic carbocycles. The number of nitrogens with zero attached hydrogens (tertiary/aromatic N) is 2. The Labute approximate surface area is 78.6 Å². The number of hydrogen-bond acceptors (Lipinski definition) is 3. The highest BCUT2D eigenvalue weighted by atomic mass is 16.3. The van der Waals surface area contributed by atoms with Crippen molar-refractivity contribution in [2.24, 2.45) is 7.05 Å². The van der Waals surface area contributed by atoms with Crippen LogP contribution in [0.15, 0.2) is 6.20 Å². The molecule has 0 spiro atoms. The van der Waals surface area contributed by atoms with Crippen molar-refractivity contribution in [2.75, 3.05) is 13.2 Å². The lowest BCUT2D eigenvalue weighted by Crippen LogP contribution is -2.22. The molecule has 74 valence electrons. The molecular weight excluding hydrogens is 166 g/mol. The van der Waals surface area contributed by atoms with Gasteiger partial charge >= 0.3 is 0 Å². The minimum absolute atomic E-state index is 0.170. The van der Waals surface area contributed by atoms with Crippen molar-refractivity contribution in [3.8, 4) is 0 Å². The molecule has 1 atom stereocenters. The molecule has 0 aliphatic heterocycles. The SMILES string of the molecule is Cc1c(C(C)NCCO)cnn1C. The number of aromatic nitrogens is 2. The van der Waals surface area contributed by atoms with Crippen molar-refractivity contribution in [2.45, 2.75) is 19.9 Å². The van der Waals surface area contributed by atoms with E-state index in [2.05, 4.69) is 17.3 Å². The second-order valence-corrected chi connectivity index (χ2v) is 3.21. The van der Waals surface area contributed by atoms with Gasteiger partial charge in [-0.15, -0.1) is 0 Å². The van der Waals surface area contributed by atoms with Crippen LogP contribution in [0.1, 0.15) is 24.2 Å². The van der Waals surface area contributed by atoms with Gasteiger partial charge in [-0.25, -0.2) is 0 Å². The molecule has 13 heavy (non-hydrogen) atoms. The van der Waals surface area contributed by atoms with Gasteiger partial charge in [-0.05, 0) is 13.8 Å². The van der Waals surface area contributed by atoms with Gasteiger partial charge in [0.1, 0.15) is 0 Å². The van der Waals surface area contributed by atoms with Crippen molar-refractivity contribution in [3.63, 3.8) is 0 Å². The van der Waals surface area contributed by atoms with Crippen LogP contribution < -0.4 is 5.32 Å². The van der Waals surface area contributed by atoms with E-state index in [0.29, 0.717) is 6.54 Å². The van der Waals surface area contributed by atoms with Crippen molar-refractivity contribution < 1.29 is 5.11 Å². The van der Waals surface area contributed by atoms with Crippen molar-refractivity contribution >= 4 is 0 Å². The summed E-state index contributed by atoms with van der Waals surface area (Å²) in [5.74, 6) is 0. The molecule has 0 aliphatic carbocycles. The fraction of sp³-hybridized carbons (Fsp3) is 0.667. The van der Waals surface area contributed by atoms with Crippen LogP contribution in [-0.2, 0) is 7.05 Å². The van der Waals surface area contributed by atoms with Crippen LogP contribution in [0, 0.1) is 6.92 Å². The van der Waals surface area contributed by atoms with Crippen LogP contribution in [0.2, 0.25) is 0 Å². The molecule has 0 aliphatic rings. The third kappa shape index (κ3) is 2.29. The first kappa shape index (κ1) is 10.2. The Kier molecular flexibility index (Phi) is 3.45. The summed E-state index contributed by atoms with van der Waals surface area (Å²) < 4.78 is 1.85. The maximum absolute atomic E-state index is 8.65. The summed E-state index contributed by atoms with van der Waals surface area (Å²) in [7, 11) is 1.93. The van der Waals surface area contributed by atoms with Crippen LogP contribution in [0.4, 0.5) is 0 Å². The Bertz CT molecular complexity index is 270. The molecule has 1 unspecified atom stereocenters. The van der Waals surface area contributed by atoms with Crippen LogP contribution in [-0.4, -0.2) is 28.0 Å². The number of aliphatic hydroxyl groups is 1. The van der Waals surface area contributed by atoms with Crippen LogP contribution in [0.25, 0.3) is 0 Å². The van der Waals surface area contributed by atoms with Crippen LogP contribution >= 0.6 is 0 Å². The summed E-state index contributed by atoms with van der Waals surface area (Å²) in [6.07, 6.45) is 1.87. The predicted molar refractivity (Wildman–Crippen MR) is 51.4 cm³/mol. The zero-order valence-electron chi connectivity index (χ0n) is 8.41. The summed E-state index contributed by atoms with van der Waals surface area (Å²) in [4.78, 5) is 0. The van der Waals surface area contributed by atoms with E-state index in [0.717, 1.165) is 5.69 Å². The standard InChI is InChI=1S/C9H17N3O/c1-7(10-4-5-13)9-6-11-12(3)8(9)2/h6-7,10,13H,4-5H2,1-3H3. The summed E-state index contributed by atoms with van der Waals surface area (Å²) in [6, 6.07) is 0.251. The number of rotatable bonds is 4. The molecule has 0 saturated heterocycles. The van der Waals surface area contributed by atoms with Gasteiger partial charge in [-0.3, -0.25) is 4.68 Å². The van der Waals surface area contributed by atoms with Gasteiger partial charge in [0.15, 0.2) is 0 Å². The highest BCUT2D eigenvalue weighted by molar-refractivity contribution is 5.19. The second kappa shape index (κ2) is 4.39. The van der Waals surface area contributed by atoms with Crippen LogP contribution in [0.5, 0.6) is 0 Å². The summed E-state index contributed by atoms with van der Waals surface area (Å²) in [5.41, 5.74) is 2.36. The minimum Gasteiger partial charge on any atom is -0.395 e. The van der Waals surface area contributed by atoms with E-state index in [4.69, 9.17) is 5.11 Å². The van der Waals surface area contributed by atoms with Crippen molar-refractivity contribution in [1.29, 1.82) is 0 Å².